The van der Waals surface area contributed by atoms with Crippen molar-refractivity contribution in [2.75, 3.05) is 13.1 Å². The summed E-state index contributed by atoms with van der Waals surface area (Å²) in [6.45, 7) is 0.636. The summed E-state index contributed by atoms with van der Waals surface area (Å²) in [5, 5.41) is 6.09. The smallest absolute Gasteiger partial charge is 0.252 e. The first-order chi connectivity index (χ1) is 13.7. The van der Waals surface area contributed by atoms with Gasteiger partial charge in [-0.25, -0.2) is 0 Å². The van der Waals surface area contributed by atoms with Crippen molar-refractivity contribution in [3.05, 3.63) is 107 Å². The van der Waals surface area contributed by atoms with Crippen LogP contribution in [0.5, 0.6) is 0 Å². The van der Waals surface area contributed by atoms with Crippen LogP contribution in [0.3, 0.4) is 0 Å². The molecule has 5 heteroatoms. The van der Waals surface area contributed by atoms with Gasteiger partial charge in [0.2, 0.25) is 5.91 Å². The Balaban J connectivity index is 1.60. The second-order valence-electron chi connectivity index (χ2n) is 6.28. The molecule has 142 valence electrons. The van der Waals surface area contributed by atoms with Gasteiger partial charge in [0.25, 0.3) is 5.91 Å². The minimum absolute atomic E-state index is 0.107. The molecule has 0 unspecified atom stereocenters. The zero-order valence-electron chi connectivity index (χ0n) is 15.3. The molecule has 3 rings (SSSR count). The van der Waals surface area contributed by atoms with Gasteiger partial charge in [-0.2, -0.15) is 0 Å². The third-order valence-electron chi connectivity index (χ3n) is 4.36. The Morgan fingerprint density at radius 1 is 0.714 bits per heavy atom. The lowest BCUT2D eigenvalue weighted by Crippen LogP contribution is -2.37. The lowest BCUT2D eigenvalue weighted by atomic mass is 9.90. The molecule has 0 saturated carbocycles. The highest BCUT2D eigenvalue weighted by atomic mass is 35.5. The second-order valence-corrected chi connectivity index (χ2v) is 6.69. The van der Waals surface area contributed by atoms with Gasteiger partial charge in [-0.05, 0) is 23.3 Å². The molecule has 0 aromatic heterocycles. The van der Waals surface area contributed by atoms with Crippen molar-refractivity contribution in [2.24, 2.45) is 0 Å². The molecule has 28 heavy (non-hydrogen) atoms. The fourth-order valence-electron chi connectivity index (χ4n) is 2.99. The van der Waals surface area contributed by atoms with Gasteiger partial charge in [0.15, 0.2) is 0 Å². The van der Waals surface area contributed by atoms with Crippen LogP contribution in [0.4, 0.5) is 0 Å². The molecule has 3 aromatic rings. The average molecular weight is 393 g/mol. The molecule has 0 radical (unpaired) electrons. The van der Waals surface area contributed by atoms with Crippen LogP contribution in [-0.4, -0.2) is 24.9 Å². The van der Waals surface area contributed by atoms with Gasteiger partial charge in [-0.3, -0.25) is 9.59 Å². The Hall–Kier alpha value is -3.11. The van der Waals surface area contributed by atoms with Crippen molar-refractivity contribution in [3.63, 3.8) is 0 Å². The predicted octanol–water partition coefficient (Wildman–Crippen LogP) is 4.02. The maximum atomic E-state index is 12.9. The summed E-state index contributed by atoms with van der Waals surface area (Å²) in [6, 6.07) is 26.1. The van der Waals surface area contributed by atoms with Crippen LogP contribution in [0.15, 0.2) is 84.9 Å². The van der Waals surface area contributed by atoms with Crippen LogP contribution in [-0.2, 0) is 4.79 Å². The molecule has 4 nitrogen and oxygen atoms in total. The summed E-state index contributed by atoms with van der Waals surface area (Å²) >= 11 is 6.03. The van der Waals surface area contributed by atoms with Gasteiger partial charge >= 0.3 is 0 Å². The van der Waals surface area contributed by atoms with Gasteiger partial charge in [0.1, 0.15) is 0 Å². The third kappa shape index (κ3) is 4.99. The summed E-state index contributed by atoms with van der Waals surface area (Å²) in [5.74, 6) is -0.770. The van der Waals surface area contributed by atoms with Crippen LogP contribution >= 0.6 is 11.6 Å². The number of halogens is 1. The maximum Gasteiger partial charge on any atom is 0.252 e. The highest BCUT2D eigenvalue weighted by Crippen LogP contribution is 2.24. The van der Waals surface area contributed by atoms with E-state index in [1.54, 1.807) is 24.3 Å². The van der Waals surface area contributed by atoms with Crippen molar-refractivity contribution in [2.45, 2.75) is 5.92 Å². The van der Waals surface area contributed by atoms with Crippen LogP contribution in [0, 0.1) is 0 Å². The Bertz CT molecular complexity index is 890. The molecule has 0 aliphatic carbocycles. The fraction of sp³-hybridized carbons (Fsp3) is 0.130. The molecule has 0 heterocycles. The van der Waals surface area contributed by atoms with Gasteiger partial charge in [-0.15, -0.1) is 0 Å². The van der Waals surface area contributed by atoms with Crippen molar-refractivity contribution < 1.29 is 9.59 Å². The van der Waals surface area contributed by atoms with Crippen LogP contribution in [0.2, 0.25) is 5.02 Å². The summed E-state index contributed by atoms with van der Waals surface area (Å²) in [7, 11) is 0. The Kier molecular flexibility index (Phi) is 6.82. The molecule has 0 bridgehead atoms. The van der Waals surface area contributed by atoms with Crippen molar-refractivity contribution in [3.8, 4) is 0 Å². The summed E-state index contributed by atoms with van der Waals surface area (Å²) in [6.07, 6.45) is 0. The van der Waals surface area contributed by atoms with E-state index in [0.29, 0.717) is 23.7 Å². The predicted molar refractivity (Wildman–Crippen MR) is 112 cm³/mol. The minimum Gasteiger partial charge on any atom is -0.354 e. The normalized spacial score (nSPS) is 10.5. The number of amides is 2. The van der Waals surface area contributed by atoms with E-state index in [1.807, 2.05) is 60.7 Å². The highest BCUT2D eigenvalue weighted by molar-refractivity contribution is 6.33. The lowest BCUT2D eigenvalue weighted by molar-refractivity contribution is -0.121. The van der Waals surface area contributed by atoms with Crippen LogP contribution in [0.25, 0.3) is 0 Å². The number of carbonyl (C=O) groups excluding carboxylic acids is 2. The average Bonchev–Trinajstić information content (AvgIpc) is 2.73. The molecular weight excluding hydrogens is 372 g/mol. The van der Waals surface area contributed by atoms with Crippen molar-refractivity contribution in [1.29, 1.82) is 0 Å². The highest BCUT2D eigenvalue weighted by Gasteiger charge is 2.22. The Labute approximate surface area is 169 Å². The first-order valence-corrected chi connectivity index (χ1v) is 9.45. The SMILES string of the molecule is O=C(NCCNC(=O)C(c1ccccc1)c1ccccc1)c1ccccc1Cl. The molecular formula is C23H21ClN2O2. The van der Waals surface area contributed by atoms with E-state index in [2.05, 4.69) is 10.6 Å². The molecule has 0 aliphatic heterocycles. The first kappa shape index (κ1) is 19.6. The van der Waals surface area contributed by atoms with Crippen molar-refractivity contribution >= 4 is 23.4 Å². The zero-order valence-corrected chi connectivity index (χ0v) is 16.0. The Morgan fingerprint density at radius 2 is 1.21 bits per heavy atom. The van der Waals surface area contributed by atoms with Gasteiger partial charge in [0.05, 0.1) is 16.5 Å². The summed E-state index contributed by atoms with van der Waals surface area (Å²) < 4.78 is 0. The molecule has 3 aromatic carbocycles. The number of hydrogen-bond acceptors (Lipinski definition) is 2. The number of hydrogen-bond donors (Lipinski definition) is 2. The van der Waals surface area contributed by atoms with Gasteiger partial charge in [-0.1, -0.05) is 84.4 Å². The van der Waals surface area contributed by atoms with Crippen LogP contribution < -0.4 is 10.6 Å². The number of benzene rings is 3. The zero-order chi connectivity index (χ0) is 19.8. The Morgan fingerprint density at radius 3 is 1.79 bits per heavy atom. The van der Waals surface area contributed by atoms with E-state index < -0.39 is 5.92 Å². The van der Waals surface area contributed by atoms with E-state index in [9.17, 15) is 9.59 Å². The first-order valence-electron chi connectivity index (χ1n) is 9.07. The molecule has 0 fully saturated rings. The molecule has 2 amide bonds. The summed E-state index contributed by atoms with van der Waals surface area (Å²) in [4.78, 5) is 25.0. The van der Waals surface area contributed by atoms with E-state index in [0.717, 1.165) is 11.1 Å². The van der Waals surface area contributed by atoms with Crippen molar-refractivity contribution in [1.82, 2.24) is 10.6 Å². The number of nitrogens with one attached hydrogen (secondary N) is 2. The van der Waals surface area contributed by atoms with E-state index in [4.69, 9.17) is 11.6 Å². The van der Waals surface area contributed by atoms with E-state index in [-0.39, 0.29) is 11.8 Å². The van der Waals surface area contributed by atoms with E-state index >= 15 is 0 Å². The molecule has 0 atom stereocenters. The largest absolute Gasteiger partial charge is 0.354 e. The van der Waals surface area contributed by atoms with E-state index in [1.165, 1.54) is 0 Å². The number of rotatable bonds is 7. The molecule has 0 saturated heterocycles. The quantitative estimate of drug-likeness (QED) is 0.597. The monoisotopic (exact) mass is 392 g/mol. The molecule has 0 spiro atoms. The second kappa shape index (κ2) is 9.72. The lowest BCUT2D eigenvalue weighted by Gasteiger charge is -2.18. The maximum absolute atomic E-state index is 12.9. The molecule has 0 aliphatic rings. The number of carbonyl (C=O) groups is 2. The minimum atomic E-state index is -0.401. The standard InChI is InChI=1S/C23H21ClN2O2/c24-20-14-8-7-13-19(20)22(27)25-15-16-26-23(28)21(17-9-3-1-4-10-17)18-11-5-2-6-12-18/h1-14,21H,15-16H2,(H,25,27)(H,26,28). The molecule has 2 N–H and O–H groups in total. The topological polar surface area (TPSA) is 58.2 Å². The fourth-order valence-corrected chi connectivity index (χ4v) is 3.21. The van der Waals surface area contributed by atoms with Gasteiger partial charge < -0.3 is 10.6 Å². The van der Waals surface area contributed by atoms with Gasteiger partial charge in [0, 0.05) is 13.1 Å². The van der Waals surface area contributed by atoms with Crippen LogP contribution in [0.1, 0.15) is 27.4 Å². The third-order valence-corrected chi connectivity index (χ3v) is 4.69. The summed E-state index contributed by atoms with van der Waals surface area (Å²) in [5.41, 5.74) is 2.26.